The summed E-state index contributed by atoms with van der Waals surface area (Å²) in [6.45, 7) is 0. The van der Waals surface area contributed by atoms with Crippen molar-refractivity contribution < 1.29 is 18.3 Å². The summed E-state index contributed by atoms with van der Waals surface area (Å²) in [5.74, 6) is -4.66. The van der Waals surface area contributed by atoms with E-state index in [-0.39, 0.29) is 6.42 Å². The summed E-state index contributed by atoms with van der Waals surface area (Å²) < 4.78 is 35.8. The van der Waals surface area contributed by atoms with Gasteiger partial charge in [-0.15, -0.1) is 0 Å². The molecule has 122 valence electrons. The number of hydrogen-bond donors (Lipinski definition) is 0. The van der Waals surface area contributed by atoms with Crippen LogP contribution in [0, 0.1) is 0 Å². The second-order valence-electron chi connectivity index (χ2n) is 5.82. The number of esters is 1. The van der Waals surface area contributed by atoms with Crippen LogP contribution in [0.2, 0.25) is 0 Å². The van der Waals surface area contributed by atoms with Crippen LogP contribution in [0.3, 0.4) is 0 Å². The van der Waals surface area contributed by atoms with Crippen molar-refractivity contribution in [3.63, 3.8) is 0 Å². The molecule has 0 bridgehead atoms. The summed E-state index contributed by atoms with van der Waals surface area (Å²) in [5, 5.41) is 3.97. The van der Waals surface area contributed by atoms with E-state index < -0.39 is 23.9 Å². The van der Waals surface area contributed by atoms with Gasteiger partial charge in [0.2, 0.25) is 0 Å². The lowest BCUT2D eigenvalue weighted by atomic mass is 9.80. The van der Waals surface area contributed by atoms with Gasteiger partial charge in [0, 0.05) is 19.7 Å². The highest BCUT2D eigenvalue weighted by atomic mass is 19.3. The van der Waals surface area contributed by atoms with Gasteiger partial charge in [0.25, 0.3) is 5.92 Å². The van der Waals surface area contributed by atoms with Gasteiger partial charge in [-0.25, -0.2) is 13.6 Å². The molecule has 2 atom stereocenters. The Morgan fingerprint density at radius 3 is 2.70 bits per heavy atom. The molecule has 0 radical (unpaired) electrons. The number of hydrogen-bond acceptors (Lipinski definition) is 3. The highest BCUT2D eigenvalue weighted by Crippen LogP contribution is 2.46. The summed E-state index contributed by atoms with van der Waals surface area (Å²) in [5.41, 5.74) is 0.755. The molecular formula is C17H18F2N2O2. The second-order valence-corrected chi connectivity index (χ2v) is 5.82. The average Bonchev–Trinajstić information content (AvgIpc) is 2.93. The molecule has 0 amide bonds. The highest BCUT2D eigenvalue weighted by Gasteiger charge is 2.50. The first kappa shape index (κ1) is 15.6. The van der Waals surface area contributed by atoms with Gasteiger partial charge in [0.1, 0.15) is 12.0 Å². The van der Waals surface area contributed by atoms with Crippen LogP contribution < -0.4 is 0 Å². The zero-order valence-corrected chi connectivity index (χ0v) is 12.8. The quantitative estimate of drug-likeness (QED) is 0.812. The number of carbonyl (C=O) groups is 1. The van der Waals surface area contributed by atoms with Crippen LogP contribution in [0.5, 0.6) is 0 Å². The predicted octanol–water partition coefficient (Wildman–Crippen LogP) is 3.55. The van der Waals surface area contributed by atoms with Gasteiger partial charge in [-0.3, -0.25) is 4.68 Å². The van der Waals surface area contributed by atoms with Crippen molar-refractivity contribution in [3.05, 3.63) is 53.9 Å². The predicted molar refractivity (Wildman–Crippen MR) is 80.4 cm³/mol. The molecule has 0 aliphatic heterocycles. The highest BCUT2D eigenvalue weighted by molar-refractivity contribution is 5.89. The molecule has 2 aromatic rings. The molecule has 0 N–H and O–H groups in total. The van der Waals surface area contributed by atoms with Crippen molar-refractivity contribution >= 4 is 5.97 Å². The third-order valence-electron chi connectivity index (χ3n) is 4.27. The Morgan fingerprint density at radius 1 is 1.30 bits per heavy atom. The maximum atomic E-state index is 14.5. The molecule has 6 heteroatoms. The topological polar surface area (TPSA) is 44.1 Å². The standard InChI is InChI=1S/C17H18F2N2O2/c1-21-13(9-11-20-21)15-14(8-5-10-17(15,18)19)23-16(22)12-6-3-2-4-7-12/h2-4,6-7,9,11,14-15H,5,8,10H2,1H3/t14?,15-/m1/s1. The van der Waals surface area contributed by atoms with Crippen molar-refractivity contribution in [3.8, 4) is 0 Å². The maximum Gasteiger partial charge on any atom is 0.338 e. The molecule has 1 heterocycles. The monoisotopic (exact) mass is 320 g/mol. The molecule has 0 spiro atoms. The zero-order chi connectivity index (χ0) is 16.4. The Labute approximate surface area is 133 Å². The van der Waals surface area contributed by atoms with Crippen LogP contribution in [0.4, 0.5) is 8.78 Å². The van der Waals surface area contributed by atoms with Crippen LogP contribution in [0.15, 0.2) is 42.6 Å². The van der Waals surface area contributed by atoms with Crippen LogP contribution in [0.25, 0.3) is 0 Å². The number of benzene rings is 1. The molecular weight excluding hydrogens is 302 g/mol. The van der Waals surface area contributed by atoms with E-state index in [1.54, 1.807) is 43.4 Å². The molecule has 0 saturated heterocycles. The van der Waals surface area contributed by atoms with E-state index in [1.807, 2.05) is 0 Å². The fraction of sp³-hybridized carbons (Fsp3) is 0.412. The molecule has 3 rings (SSSR count). The van der Waals surface area contributed by atoms with E-state index in [9.17, 15) is 13.6 Å². The summed E-state index contributed by atoms with van der Waals surface area (Å²) in [6, 6.07) is 10.00. The molecule has 1 fully saturated rings. The third-order valence-corrected chi connectivity index (χ3v) is 4.27. The minimum Gasteiger partial charge on any atom is -0.458 e. The van der Waals surface area contributed by atoms with Crippen molar-refractivity contribution in [2.75, 3.05) is 0 Å². The lowest BCUT2D eigenvalue weighted by Crippen LogP contribution is -2.42. The van der Waals surface area contributed by atoms with Gasteiger partial charge < -0.3 is 4.74 Å². The van der Waals surface area contributed by atoms with Gasteiger partial charge in [-0.2, -0.15) is 5.10 Å². The normalized spacial score (nSPS) is 23.4. The Hall–Kier alpha value is -2.24. The lowest BCUT2D eigenvalue weighted by Gasteiger charge is -2.37. The number of halogens is 2. The number of carbonyl (C=O) groups excluding carboxylic acids is 1. The first-order valence-electron chi connectivity index (χ1n) is 7.61. The van der Waals surface area contributed by atoms with E-state index in [1.165, 1.54) is 10.9 Å². The average molecular weight is 320 g/mol. The largest absolute Gasteiger partial charge is 0.458 e. The van der Waals surface area contributed by atoms with Crippen molar-refractivity contribution in [2.24, 2.45) is 7.05 Å². The SMILES string of the molecule is Cn1nccc1[C@@H]1C(OC(=O)c2ccccc2)CCCC1(F)F. The Morgan fingerprint density at radius 2 is 2.04 bits per heavy atom. The number of aryl methyl sites for hydroxylation is 1. The summed E-state index contributed by atoms with van der Waals surface area (Å²) in [7, 11) is 1.62. The fourth-order valence-electron chi connectivity index (χ4n) is 3.14. The smallest absolute Gasteiger partial charge is 0.338 e. The third kappa shape index (κ3) is 3.11. The zero-order valence-electron chi connectivity index (χ0n) is 12.8. The molecule has 4 nitrogen and oxygen atoms in total. The Balaban J connectivity index is 1.87. The Kier molecular flexibility index (Phi) is 4.15. The number of nitrogens with zero attached hydrogens (tertiary/aromatic N) is 2. The van der Waals surface area contributed by atoms with E-state index in [2.05, 4.69) is 5.10 Å². The van der Waals surface area contributed by atoms with Gasteiger partial charge >= 0.3 is 5.97 Å². The van der Waals surface area contributed by atoms with Crippen LogP contribution in [-0.4, -0.2) is 27.8 Å². The number of ether oxygens (including phenoxy) is 1. The number of rotatable bonds is 3. The Bertz CT molecular complexity index is 685. The van der Waals surface area contributed by atoms with Crippen LogP contribution >= 0.6 is 0 Å². The minimum atomic E-state index is -2.92. The first-order chi connectivity index (χ1) is 11.0. The molecule has 1 aliphatic rings. The van der Waals surface area contributed by atoms with Crippen LogP contribution in [-0.2, 0) is 11.8 Å². The molecule has 1 aliphatic carbocycles. The van der Waals surface area contributed by atoms with Crippen molar-refractivity contribution in [1.29, 1.82) is 0 Å². The summed E-state index contributed by atoms with van der Waals surface area (Å²) in [4.78, 5) is 12.2. The maximum absolute atomic E-state index is 14.5. The van der Waals surface area contributed by atoms with E-state index in [0.29, 0.717) is 24.1 Å². The van der Waals surface area contributed by atoms with E-state index in [0.717, 1.165) is 0 Å². The molecule has 1 aromatic heterocycles. The summed E-state index contributed by atoms with van der Waals surface area (Å²) >= 11 is 0. The van der Waals surface area contributed by atoms with Crippen molar-refractivity contribution in [2.45, 2.75) is 37.2 Å². The fourth-order valence-corrected chi connectivity index (χ4v) is 3.14. The van der Waals surface area contributed by atoms with Gasteiger partial charge in [0.05, 0.1) is 11.3 Å². The number of aromatic nitrogens is 2. The van der Waals surface area contributed by atoms with Gasteiger partial charge in [-0.05, 0) is 31.0 Å². The summed E-state index contributed by atoms with van der Waals surface area (Å²) in [6.07, 6.45) is 1.16. The van der Waals surface area contributed by atoms with E-state index in [4.69, 9.17) is 4.74 Å². The van der Waals surface area contributed by atoms with Crippen molar-refractivity contribution in [1.82, 2.24) is 9.78 Å². The van der Waals surface area contributed by atoms with E-state index >= 15 is 0 Å². The second kappa shape index (κ2) is 6.10. The first-order valence-corrected chi connectivity index (χ1v) is 7.61. The molecule has 1 unspecified atom stereocenters. The van der Waals surface area contributed by atoms with Crippen LogP contribution in [0.1, 0.15) is 41.2 Å². The van der Waals surface area contributed by atoms with Gasteiger partial charge in [-0.1, -0.05) is 18.2 Å². The lowest BCUT2D eigenvalue weighted by molar-refractivity contribution is -0.106. The molecule has 1 saturated carbocycles. The minimum absolute atomic E-state index is 0.206. The number of alkyl halides is 2. The molecule has 1 aromatic carbocycles. The molecule has 23 heavy (non-hydrogen) atoms. The van der Waals surface area contributed by atoms with Gasteiger partial charge in [0.15, 0.2) is 0 Å².